The zero-order chi connectivity index (χ0) is 31.4. The van der Waals surface area contributed by atoms with Gasteiger partial charge in [0, 0.05) is 33.6 Å². The van der Waals surface area contributed by atoms with Gasteiger partial charge in [0.1, 0.15) is 34.2 Å². The molecule has 0 unspecified atom stereocenters. The summed E-state index contributed by atoms with van der Waals surface area (Å²) in [5, 5.41) is 25.4. The van der Waals surface area contributed by atoms with Gasteiger partial charge >= 0.3 is 0 Å². The van der Waals surface area contributed by atoms with Crippen molar-refractivity contribution in [2.45, 2.75) is 0 Å². The zero-order valence-corrected chi connectivity index (χ0v) is 23.6. The maximum Gasteiger partial charge on any atom is 0.263 e. The number of hydrogen-bond acceptors (Lipinski definition) is 8. The summed E-state index contributed by atoms with van der Waals surface area (Å²) in [4.78, 5) is 49.0. The van der Waals surface area contributed by atoms with Crippen LogP contribution in [0.5, 0.6) is 11.5 Å². The van der Waals surface area contributed by atoms with Crippen molar-refractivity contribution in [1.82, 2.24) is 0 Å². The minimum atomic E-state index is -0.635. The van der Waals surface area contributed by atoms with Gasteiger partial charge in [0.25, 0.3) is 11.8 Å². The molecule has 10 heteroatoms. The summed E-state index contributed by atoms with van der Waals surface area (Å²) in [5.74, 6) is -1.47. The molecule has 2 aliphatic carbocycles. The van der Waals surface area contributed by atoms with Crippen molar-refractivity contribution in [3.63, 3.8) is 0 Å². The normalized spacial score (nSPS) is 13.0. The molecule has 0 atom stereocenters. The predicted molar refractivity (Wildman–Crippen MR) is 164 cm³/mol. The minimum absolute atomic E-state index is 0.239. The Morgan fingerprint density at radius 1 is 0.523 bits per heavy atom. The zero-order valence-electron chi connectivity index (χ0n) is 23.6. The number of ether oxygens (including phenoxy) is 2. The van der Waals surface area contributed by atoms with Gasteiger partial charge in [-0.3, -0.25) is 19.2 Å². The van der Waals surface area contributed by atoms with E-state index in [1.807, 2.05) is 0 Å². The number of carbonyl (C=O) groups is 4. The SMILES string of the molecule is COc1ccc(NC(=O)C2=C(O)c3ccccc3C2=O)cc1.COc1ccc(NC(=O)C2=C(O)c3ccccc3C2=O)cc1. The van der Waals surface area contributed by atoms with Gasteiger partial charge in [-0.15, -0.1) is 0 Å². The summed E-state index contributed by atoms with van der Waals surface area (Å²) in [7, 11) is 3.09. The molecule has 0 saturated heterocycles. The van der Waals surface area contributed by atoms with Gasteiger partial charge in [0.05, 0.1) is 14.2 Å². The Kier molecular flexibility index (Phi) is 8.25. The van der Waals surface area contributed by atoms with E-state index in [9.17, 15) is 29.4 Å². The number of carbonyl (C=O) groups excluding carboxylic acids is 4. The Hall–Kier alpha value is -6.16. The third-order valence-corrected chi connectivity index (χ3v) is 6.93. The molecular formula is C34H26N2O8. The molecule has 44 heavy (non-hydrogen) atoms. The second-order valence-corrected chi connectivity index (χ2v) is 9.56. The average Bonchev–Trinajstić information content (AvgIpc) is 3.46. The van der Waals surface area contributed by atoms with Crippen LogP contribution < -0.4 is 20.1 Å². The lowest BCUT2D eigenvalue weighted by Gasteiger charge is -2.06. The van der Waals surface area contributed by atoms with Crippen molar-refractivity contribution in [1.29, 1.82) is 0 Å². The molecule has 4 aromatic rings. The molecule has 2 amide bonds. The molecule has 0 aliphatic heterocycles. The number of methoxy groups -OCH3 is 2. The van der Waals surface area contributed by atoms with Crippen molar-refractivity contribution >= 4 is 46.3 Å². The summed E-state index contributed by atoms with van der Waals surface area (Å²) in [6.07, 6.45) is 0. The van der Waals surface area contributed by atoms with E-state index in [0.717, 1.165) is 0 Å². The van der Waals surface area contributed by atoms with Crippen LogP contribution in [0.15, 0.2) is 108 Å². The summed E-state index contributed by atoms with van der Waals surface area (Å²) in [5.41, 5.74) is 1.97. The Morgan fingerprint density at radius 2 is 0.841 bits per heavy atom. The van der Waals surface area contributed by atoms with Gasteiger partial charge in [-0.2, -0.15) is 0 Å². The average molecular weight is 591 g/mol. The first-order valence-corrected chi connectivity index (χ1v) is 13.3. The Bertz CT molecular complexity index is 1720. The monoisotopic (exact) mass is 590 g/mol. The third kappa shape index (κ3) is 5.64. The van der Waals surface area contributed by atoms with Gasteiger partial charge in [0.2, 0.25) is 11.6 Å². The number of Topliss-reactive ketones (excluding diaryl/α,β-unsaturated/α-hetero) is 2. The van der Waals surface area contributed by atoms with Gasteiger partial charge in [-0.05, 0) is 48.5 Å². The lowest BCUT2D eigenvalue weighted by Crippen LogP contribution is -2.19. The van der Waals surface area contributed by atoms with Crippen LogP contribution in [0.4, 0.5) is 11.4 Å². The number of nitrogens with one attached hydrogen (secondary N) is 2. The van der Waals surface area contributed by atoms with Crippen LogP contribution in [0.2, 0.25) is 0 Å². The smallest absolute Gasteiger partial charge is 0.263 e. The van der Waals surface area contributed by atoms with Crippen molar-refractivity contribution in [2.75, 3.05) is 24.9 Å². The Balaban J connectivity index is 0.000000175. The van der Waals surface area contributed by atoms with Crippen LogP contribution in [0.3, 0.4) is 0 Å². The molecule has 6 rings (SSSR count). The number of ketones is 2. The fourth-order valence-corrected chi connectivity index (χ4v) is 4.69. The van der Waals surface area contributed by atoms with E-state index in [1.54, 1.807) is 111 Å². The Labute approximate surface area is 251 Å². The molecule has 0 spiro atoms. The van der Waals surface area contributed by atoms with E-state index < -0.39 is 23.4 Å². The minimum Gasteiger partial charge on any atom is -0.506 e. The maximum atomic E-state index is 12.3. The summed E-state index contributed by atoms with van der Waals surface area (Å²) in [6.45, 7) is 0. The maximum absolute atomic E-state index is 12.3. The quantitative estimate of drug-likeness (QED) is 0.212. The summed E-state index contributed by atoms with van der Waals surface area (Å²) >= 11 is 0. The molecule has 10 nitrogen and oxygen atoms in total. The molecule has 220 valence electrons. The third-order valence-electron chi connectivity index (χ3n) is 6.93. The highest BCUT2D eigenvalue weighted by Gasteiger charge is 2.35. The van der Waals surface area contributed by atoms with Crippen molar-refractivity contribution in [3.8, 4) is 11.5 Å². The number of amides is 2. The van der Waals surface area contributed by atoms with Gasteiger partial charge in [0.15, 0.2) is 0 Å². The van der Waals surface area contributed by atoms with Crippen LogP contribution in [0, 0.1) is 0 Å². The highest BCUT2D eigenvalue weighted by molar-refractivity contribution is 6.36. The first kappa shape index (κ1) is 29.3. The molecule has 0 heterocycles. The lowest BCUT2D eigenvalue weighted by atomic mass is 10.1. The molecule has 0 radical (unpaired) electrons. The van der Waals surface area contributed by atoms with Crippen molar-refractivity contribution in [2.24, 2.45) is 0 Å². The van der Waals surface area contributed by atoms with Gasteiger partial charge in [-0.25, -0.2) is 0 Å². The first-order valence-electron chi connectivity index (χ1n) is 13.3. The van der Waals surface area contributed by atoms with Gasteiger partial charge < -0.3 is 30.3 Å². The molecule has 0 fully saturated rings. The molecule has 4 N–H and O–H groups in total. The molecule has 2 aliphatic rings. The number of rotatable bonds is 6. The standard InChI is InChI=1S/2C17H13NO4/c2*1-22-11-8-6-10(7-9-11)18-17(21)14-15(19)12-4-2-3-5-13(12)16(14)20/h2*2-9,19H,1H3,(H,18,21). The lowest BCUT2D eigenvalue weighted by molar-refractivity contribution is -0.113. The van der Waals surface area contributed by atoms with Crippen LogP contribution >= 0.6 is 0 Å². The molecular weight excluding hydrogens is 564 g/mol. The summed E-state index contributed by atoms with van der Waals surface area (Å²) in [6, 6.07) is 26.5. The largest absolute Gasteiger partial charge is 0.506 e. The van der Waals surface area contributed by atoms with E-state index in [2.05, 4.69) is 10.6 Å². The van der Waals surface area contributed by atoms with E-state index in [4.69, 9.17) is 9.47 Å². The summed E-state index contributed by atoms with van der Waals surface area (Å²) < 4.78 is 10.1. The highest BCUT2D eigenvalue weighted by Crippen LogP contribution is 2.33. The number of anilines is 2. The predicted octanol–water partition coefficient (Wildman–Crippen LogP) is 5.60. The fourth-order valence-electron chi connectivity index (χ4n) is 4.69. The van der Waals surface area contributed by atoms with Crippen molar-refractivity contribution < 1.29 is 38.9 Å². The van der Waals surface area contributed by atoms with E-state index in [1.165, 1.54) is 0 Å². The number of aliphatic hydroxyl groups is 2. The fraction of sp³-hybridized carbons (Fsp3) is 0.0588. The number of benzene rings is 4. The number of hydrogen-bond donors (Lipinski definition) is 4. The van der Waals surface area contributed by atoms with Crippen LogP contribution in [0.1, 0.15) is 31.8 Å². The van der Waals surface area contributed by atoms with E-state index in [-0.39, 0.29) is 22.7 Å². The van der Waals surface area contributed by atoms with Crippen LogP contribution in [0.25, 0.3) is 11.5 Å². The van der Waals surface area contributed by atoms with E-state index in [0.29, 0.717) is 45.1 Å². The molecule has 0 bridgehead atoms. The highest BCUT2D eigenvalue weighted by atomic mass is 16.5. The second kappa shape index (κ2) is 12.4. The van der Waals surface area contributed by atoms with Gasteiger partial charge in [-0.1, -0.05) is 48.5 Å². The van der Waals surface area contributed by atoms with Crippen molar-refractivity contribution in [3.05, 3.63) is 130 Å². The topological polar surface area (TPSA) is 151 Å². The number of fused-ring (bicyclic) bond motifs is 2. The van der Waals surface area contributed by atoms with Crippen LogP contribution in [-0.4, -0.2) is 47.8 Å². The van der Waals surface area contributed by atoms with Crippen LogP contribution in [-0.2, 0) is 9.59 Å². The second-order valence-electron chi connectivity index (χ2n) is 9.56. The molecule has 4 aromatic carbocycles. The number of aliphatic hydroxyl groups excluding tert-OH is 2. The molecule has 0 aromatic heterocycles. The first-order chi connectivity index (χ1) is 21.2. The molecule has 0 saturated carbocycles. The van der Waals surface area contributed by atoms with E-state index >= 15 is 0 Å². The Morgan fingerprint density at radius 3 is 1.14 bits per heavy atom.